The van der Waals surface area contributed by atoms with Crippen molar-refractivity contribution in [1.29, 1.82) is 0 Å². The number of ether oxygens (including phenoxy) is 1. The molecule has 1 aromatic heterocycles. The Labute approximate surface area is 162 Å². The van der Waals surface area contributed by atoms with Gasteiger partial charge in [0.1, 0.15) is 23.7 Å². The van der Waals surface area contributed by atoms with Gasteiger partial charge in [0.05, 0.1) is 6.54 Å². The fourth-order valence-electron chi connectivity index (χ4n) is 4.63. The minimum absolute atomic E-state index is 0.146. The lowest BCUT2D eigenvalue weighted by Crippen LogP contribution is -3.12. The largest absolute Gasteiger partial charge is 0.444 e. The maximum Gasteiger partial charge on any atom is 0.339 e. The molecule has 144 valence electrons. The van der Waals surface area contributed by atoms with E-state index in [0.29, 0.717) is 18.7 Å². The van der Waals surface area contributed by atoms with E-state index in [-0.39, 0.29) is 11.4 Å². The van der Waals surface area contributed by atoms with Gasteiger partial charge in [-0.2, -0.15) is 0 Å². The van der Waals surface area contributed by atoms with Gasteiger partial charge in [-0.1, -0.05) is 18.2 Å². The summed E-state index contributed by atoms with van der Waals surface area (Å²) in [4.78, 5) is 13.6. The summed E-state index contributed by atoms with van der Waals surface area (Å²) in [5, 5.41) is 1.06. The maximum absolute atomic E-state index is 13.9. The van der Waals surface area contributed by atoms with Crippen LogP contribution in [0.3, 0.4) is 0 Å². The lowest BCUT2D eigenvalue weighted by molar-refractivity contribution is -0.932. The van der Waals surface area contributed by atoms with E-state index in [9.17, 15) is 9.18 Å². The van der Waals surface area contributed by atoms with Gasteiger partial charge in [-0.25, -0.2) is 9.18 Å². The molecule has 1 aliphatic heterocycles. The molecule has 5 heteroatoms. The van der Waals surface area contributed by atoms with Crippen molar-refractivity contribution in [1.82, 2.24) is 0 Å². The van der Waals surface area contributed by atoms with E-state index in [0.717, 1.165) is 71.3 Å². The van der Waals surface area contributed by atoms with E-state index in [1.807, 2.05) is 19.1 Å². The van der Waals surface area contributed by atoms with Gasteiger partial charge >= 0.3 is 5.63 Å². The number of benzene rings is 2. The van der Waals surface area contributed by atoms with E-state index in [1.165, 1.54) is 11.0 Å². The number of hydrogen-bond acceptors (Lipinski definition) is 3. The van der Waals surface area contributed by atoms with E-state index in [1.54, 1.807) is 6.07 Å². The second-order valence-electron chi connectivity index (χ2n) is 7.87. The zero-order valence-corrected chi connectivity index (χ0v) is 15.9. The number of quaternary nitrogens is 1. The molecular weight excluding hydrogens is 357 g/mol. The molecule has 1 atom stereocenters. The number of fused-ring (bicyclic) bond motifs is 4. The van der Waals surface area contributed by atoms with Crippen LogP contribution in [-0.2, 0) is 25.8 Å². The summed E-state index contributed by atoms with van der Waals surface area (Å²) in [5.41, 5.74) is 5.25. The van der Waals surface area contributed by atoms with Crippen molar-refractivity contribution in [2.75, 3.05) is 13.3 Å². The molecule has 0 amide bonds. The van der Waals surface area contributed by atoms with Crippen LogP contribution in [0.25, 0.3) is 11.0 Å². The fraction of sp³-hybridized carbons (Fsp3) is 0.348. The zero-order valence-electron chi connectivity index (χ0n) is 15.9. The SMILES string of the molecule is Cc1c2c(cc3c4c(c(=O)oc13)CCC4)C[NH+](CCc1ccccc1F)CO2. The van der Waals surface area contributed by atoms with Crippen molar-refractivity contribution < 1.29 is 18.4 Å². The van der Waals surface area contributed by atoms with Crippen LogP contribution in [-0.4, -0.2) is 13.3 Å². The monoisotopic (exact) mass is 380 g/mol. The standard InChI is InChI=1S/C23H22FNO3/c1-14-21-16(11-19-17-6-4-7-18(17)23(26)28-22(14)19)12-25(13-27-21)10-9-15-5-2-3-8-20(15)24/h2-3,5,8,11H,4,6-7,9-10,12-13H2,1H3/p+1. The Morgan fingerprint density at radius 2 is 2.00 bits per heavy atom. The van der Waals surface area contributed by atoms with Gasteiger partial charge in [0.15, 0.2) is 0 Å². The Bertz CT molecular complexity index is 1130. The highest BCUT2D eigenvalue weighted by atomic mass is 19.1. The molecule has 1 N–H and O–H groups in total. The highest BCUT2D eigenvalue weighted by Gasteiger charge is 2.27. The molecule has 2 aromatic carbocycles. The molecule has 0 fully saturated rings. The number of hydrogen-bond donors (Lipinski definition) is 1. The summed E-state index contributed by atoms with van der Waals surface area (Å²) in [5.74, 6) is 0.691. The number of halogens is 1. The smallest absolute Gasteiger partial charge is 0.339 e. The maximum atomic E-state index is 13.9. The summed E-state index contributed by atoms with van der Waals surface area (Å²) in [6.07, 6.45) is 3.42. The number of nitrogens with one attached hydrogen (secondary N) is 1. The summed E-state index contributed by atoms with van der Waals surface area (Å²) in [6.45, 7) is 4.13. The van der Waals surface area contributed by atoms with Gasteiger partial charge in [-0.05, 0) is 49.4 Å². The molecule has 0 radical (unpaired) electrons. The minimum Gasteiger partial charge on any atom is -0.444 e. The molecule has 28 heavy (non-hydrogen) atoms. The van der Waals surface area contributed by atoms with Gasteiger partial charge in [0.2, 0.25) is 6.73 Å². The quantitative estimate of drug-likeness (QED) is 0.711. The summed E-state index contributed by atoms with van der Waals surface area (Å²) in [6, 6.07) is 9.09. The third-order valence-electron chi connectivity index (χ3n) is 6.09. The average Bonchev–Trinajstić information content (AvgIpc) is 3.19. The van der Waals surface area contributed by atoms with E-state index in [2.05, 4.69) is 6.07 Å². The molecule has 1 unspecified atom stereocenters. The van der Waals surface area contributed by atoms with E-state index < -0.39 is 0 Å². The van der Waals surface area contributed by atoms with E-state index in [4.69, 9.17) is 9.15 Å². The highest BCUT2D eigenvalue weighted by Crippen LogP contribution is 2.36. The van der Waals surface area contributed by atoms with Crippen molar-refractivity contribution in [3.05, 3.63) is 74.4 Å². The van der Waals surface area contributed by atoms with Gasteiger partial charge in [-0.3, -0.25) is 4.90 Å². The van der Waals surface area contributed by atoms with Crippen LogP contribution < -0.4 is 15.3 Å². The van der Waals surface area contributed by atoms with Gasteiger partial charge in [0.25, 0.3) is 0 Å². The average molecular weight is 380 g/mol. The van der Waals surface area contributed by atoms with Crippen molar-refractivity contribution in [2.24, 2.45) is 0 Å². The first-order chi connectivity index (χ1) is 13.6. The van der Waals surface area contributed by atoms with Crippen LogP contribution in [0.4, 0.5) is 4.39 Å². The zero-order chi connectivity index (χ0) is 19.3. The molecular formula is C23H23FNO3+. The van der Waals surface area contributed by atoms with Gasteiger partial charge in [-0.15, -0.1) is 0 Å². The van der Waals surface area contributed by atoms with Gasteiger partial charge in [0, 0.05) is 28.5 Å². The number of aryl methyl sites for hydroxylation is 2. The second-order valence-corrected chi connectivity index (χ2v) is 7.87. The van der Waals surface area contributed by atoms with Gasteiger partial charge < -0.3 is 9.15 Å². The van der Waals surface area contributed by atoms with Crippen LogP contribution in [0, 0.1) is 12.7 Å². The molecule has 0 bridgehead atoms. The second kappa shape index (κ2) is 6.74. The Balaban J connectivity index is 1.46. The highest BCUT2D eigenvalue weighted by molar-refractivity contribution is 5.87. The van der Waals surface area contributed by atoms with Crippen molar-refractivity contribution in [3.8, 4) is 5.75 Å². The summed E-state index contributed by atoms with van der Waals surface area (Å²) < 4.78 is 25.6. The normalized spacial score (nSPS) is 18.0. The topological polar surface area (TPSA) is 43.9 Å². The first-order valence-electron chi connectivity index (χ1n) is 9.92. The molecule has 1 aliphatic carbocycles. The third kappa shape index (κ3) is 2.81. The Hall–Kier alpha value is -2.66. The Morgan fingerprint density at radius 3 is 2.86 bits per heavy atom. The van der Waals surface area contributed by atoms with Crippen molar-refractivity contribution >= 4 is 11.0 Å². The molecule has 0 saturated heterocycles. The molecule has 3 aromatic rings. The molecule has 2 aliphatic rings. The van der Waals surface area contributed by atoms with Crippen molar-refractivity contribution in [2.45, 2.75) is 39.2 Å². The van der Waals surface area contributed by atoms with Crippen LogP contribution in [0.2, 0.25) is 0 Å². The molecule has 0 spiro atoms. The van der Waals surface area contributed by atoms with Crippen LogP contribution in [0.1, 0.15) is 34.2 Å². The third-order valence-corrected chi connectivity index (χ3v) is 6.09. The van der Waals surface area contributed by atoms with E-state index >= 15 is 0 Å². The minimum atomic E-state index is -0.198. The molecule has 4 nitrogen and oxygen atoms in total. The summed E-state index contributed by atoms with van der Waals surface area (Å²) >= 11 is 0. The lowest BCUT2D eigenvalue weighted by atomic mass is 9.99. The first kappa shape index (κ1) is 17.4. The molecule has 2 heterocycles. The van der Waals surface area contributed by atoms with Crippen LogP contribution >= 0.6 is 0 Å². The van der Waals surface area contributed by atoms with Crippen molar-refractivity contribution in [3.63, 3.8) is 0 Å². The number of rotatable bonds is 3. The lowest BCUT2D eigenvalue weighted by Gasteiger charge is -2.28. The predicted molar refractivity (Wildman–Crippen MR) is 104 cm³/mol. The Kier molecular flexibility index (Phi) is 4.20. The fourth-order valence-corrected chi connectivity index (χ4v) is 4.63. The molecule has 0 saturated carbocycles. The van der Waals surface area contributed by atoms with Crippen LogP contribution in [0.15, 0.2) is 39.5 Å². The molecule has 5 rings (SSSR count). The summed E-state index contributed by atoms with van der Waals surface area (Å²) in [7, 11) is 0. The first-order valence-corrected chi connectivity index (χ1v) is 9.92. The van der Waals surface area contributed by atoms with Crippen LogP contribution in [0.5, 0.6) is 5.75 Å². The Morgan fingerprint density at radius 1 is 1.18 bits per heavy atom. The predicted octanol–water partition coefficient (Wildman–Crippen LogP) is 2.71.